The van der Waals surface area contributed by atoms with E-state index in [4.69, 9.17) is 26.4 Å². The van der Waals surface area contributed by atoms with Crippen LogP contribution in [0, 0.1) is 0 Å². The smallest absolute Gasteiger partial charge is 0.257 e. The lowest BCUT2D eigenvalue weighted by Crippen LogP contribution is -2.34. The van der Waals surface area contributed by atoms with Gasteiger partial charge in [-0.05, 0) is 54.7 Å². The van der Waals surface area contributed by atoms with Crippen LogP contribution in [0.1, 0.15) is 15.9 Å². The summed E-state index contributed by atoms with van der Waals surface area (Å²) in [7, 11) is 3.20. The summed E-state index contributed by atoms with van der Waals surface area (Å²) in [6.07, 6.45) is 0. The minimum atomic E-state index is -0.315. The number of carbonyl (C=O) groups excluding carboxylic acids is 1. The fourth-order valence-corrected chi connectivity index (χ4v) is 2.94. The molecule has 0 unspecified atom stereocenters. The van der Waals surface area contributed by atoms with Gasteiger partial charge in [0.15, 0.2) is 5.11 Å². The summed E-state index contributed by atoms with van der Waals surface area (Å²) in [6, 6.07) is 21.8. The molecule has 154 valence electrons. The molecule has 3 aromatic carbocycles. The third kappa shape index (κ3) is 5.71. The molecular weight excluding hydrogens is 400 g/mol. The highest BCUT2D eigenvalue weighted by Gasteiger charge is 2.13. The molecule has 7 heteroatoms. The molecule has 0 aromatic heterocycles. The highest BCUT2D eigenvalue weighted by atomic mass is 32.1. The highest BCUT2D eigenvalue weighted by molar-refractivity contribution is 7.80. The fraction of sp³-hybridized carbons (Fsp3) is 0.130. The Morgan fingerprint density at radius 3 is 2.30 bits per heavy atom. The molecule has 0 bridgehead atoms. The van der Waals surface area contributed by atoms with Crippen molar-refractivity contribution >= 4 is 28.9 Å². The van der Waals surface area contributed by atoms with E-state index in [1.54, 1.807) is 32.4 Å². The molecule has 0 atom stereocenters. The number of hydrogen-bond donors (Lipinski definition) is 2. The number of thiocarbonyl (C=S) groups is 1. The fourth-order valence-electron chi connectivity index (χ4n) is 2.73. The lowest BCUT2D eigenvalue weighted by Gasteiger charge is -2.13. The zero-order chi connectivity index (χ0) is 21.3. The number of carbonyl (C=O) groups is 1. The number of methoxy groups -OCH3 is 2. The second-order valence-electron chi connectivity index (χ2n) is 6.26. The van der Waals surface area contributed by atoms with Crippen molar-refractivity contribution in [2.45, 2.75) is 6.61 Å². The van der Waals surface area contributed by atoms with E-state index in [-0.39, 0.29) is 17.6 Å². The third-order valence-electron chi connectivity index (χ3n) is 4.27. The van der Waals surface area contributed by atoms with Gasteiger partial charge >= 0.3 is 0 Å². The standard InChI is InChI=1S/C23H22N2O4S/c1-27-18-10-12-19(13-11-18)29-15-16-6-3-4-9-21(16)22(26)25-23(30)24-17-7-5-8-20(14-17)28-2/h3-14H,15H2,1-2H3,(H2,24,25,26,30). The average Bonchev–Trinajstić information content (AvgIpc) is 2.78. The van der Waals surface area contributed by atoms with E-state index >= 15 is 0 Å². The maximum absolute atomic E-state index is 12.7. The van der Waals surface area contributed by atoms with Gasteiger partial charge in [-0.3, -0.25) is 10.1 Å². The van der Waals surface area contributed by atoms with Gasteiger partial charge in [-0.1, -0.05) is 24.3 Å². The number of anilines is 1. The summed E-state index contributed by atoms with van der Waals surface area (Å²) in [4.78, 5) is 12.7. The molecule has 0 heterocycles. The van der Waals surface area contributed by atoms with Crippen LogP contribution in [-0.4, -0.2) is 25.2 Å². The van der Waals surface area contributed by atoms with E-state index in [0.29, 0.717) is 17.1 Å². The Kier molecular flexibility index (Phi) is 7.24. The molecule has 3 rings (SSSR count). The molecule has 0 fully saturated rings. The summed E-state index contributed by atoms with van der Waals surface area (Å²) in [5, 5.41) is 5.88. The Morgan fingerprint density at radius 2 is 1.57 bits per heavy atom. The van der Waals surface area contributed by atoms with Gasteiger partial charge in [0, 0.05) is 22.9 Å². The maximum Gasteiger partial charge on any atom is 0.257 e. The molecule has 0 aliphatic heterocycles. The Labute approximate surface area is 180 Å². The molecule has 1 amide bonds. The lowest BCUT2D eigenvalue weighted by atomic mass is 10.1. The van der Waals surface area contributed by atoms with Crippen LogP contribution in [0.4, 0.5) is 5.69 Å². The summed E-state index contributed by atoms with van der Waals surface area (Å²) < 4.78 is 16.1. The van der Waals surface area contributed by atoms with Gasteiger partial charge < -0.3 is 19.5 Å². The van der Waals surface area contributed by atoms with Crippen LogP contribution in [0.25, 0.3) is 0 Å². The first-order valence-electron chi connectivity index (χ1n) is 9.20. The topological polar surface area (TPSA) is 68.8 Å². The molecule has 6 nitrogen and oxygen atoms in total. The molecule has 0 aliphatic rings. The van der Waals surface area contributed by atoms with Crippen molar-refractivity contribution in [3.63, 3.8) is 0 Å². The Bertz CT molecular complexity index is 1020. The molecule has 0 aliphatic carbocycles. The molecule has 30 heavy (non-hydrogen) atoms. The Hall–Kier alpha value is -3.58. The van der Waals surface area contributed by atoms with E-state index < -0.39 is 0 Å². The van der Waals surface area contributed by atoms with E-state index in [2.05, 4.69) is 10.6 Å². The van der Waals surface area contributed by atoms with E-state index in [9.17, 15) is 4.79 Å². The summed E-state index contributed by atoms with van der Waals surface area (Å²) in [5.74, 6) is 1.81. The second-order valence-corrected chi connectivity index (χ2v) is 6.67. The van der Waals surface area contributed by atoms with E-state index in [0.717, 1.165) is 17.0 Å². The van der Waals surface area contributed by atoms with Crippen LogP contribution in [-0.2, 0) is 6.61 Å². The van der Waals surface area contributed by atoms with Crippen molar-refractivity contribution in [2.24, 2.45) is 0 Å². The molecule has 2 N–H and O–H groups in total. The first kappa shape index (κ1) is 21.1. The number of hydrogen-bond acceptors (Lipinski definition) is 5. The monoisotopic (exact) mass is 422 g/mol. The SMILES string of the molecule is COc1ccc(OCc2ccccc2C(=O)NC(=S)Nc2cccc(OC)c2)cc1. The van der Waals surface area contributed by atoms with Crippen molar-refractivity contribution in [3.8, 4) is 17.2 Å². The lowest BCUT2D eigenvalue weighted by molar-refractivity contribution is 0.0975. The predicted molar refractivity (Wildman–Crippen MR) is 120 cm³/mol. The van der Waals surface area contributed by atoms with Crippen LogP contribution >= 0.6 is 12.2 Å². The van der Waals surface area contributed by atoms with Crippen LogP contribution in [0.2, 0.25) is 0 Å². The van der Waals surface area contributed by atoms with E-state index in [1.165, 1.54) is 0 Å². The van der Waals surface area contributed by atoms with Crippen LogP contribution in [0.3, 0.4) is 0 Å². The highest BCUT2D eigenvalue weighted by Crippen LogP contribution is 2.20. The van der Waals surface area contributed by atoms with Crippen molar-refractivity contribution in [3.05, 3.63) is 83.9 Å². The predicted octanol–water partition coefficient (Wildman–Crippen LogP) is 4.41. The van der Waals surface area contributed by atoms with Gasteiger partial charge in [0.1, 0.15) is 23.9 Å². The van der Waals surface area contributed by atoms with Crippen molar-refractivity contribution in [1.29, 1.82) is 0 Å². The molecule has 0 radical (unpaired) electrons. The molecule has 0 spiro atoms. The minimum absolute atomic E-state index is 0.194. The van der Waals surface area contributed by atoms with Gasteiger partial charge in [-0.2, -0.15) is 0 Å². The molecule has 3 aromatic rings. The zero-order valence-corrected chi connectivity index (χ0v) is 17.5. The van der Waals surface area contributed by atoms with Gasteiger partial charge in [0.2, 0.25) is 0 Å². The van der Waals surface area contributed by atoms with Crippen molar-refractivity contribution < 1.29 is 19.0 Å². The number of rotatable bonds is 7. The molecular formula is C23H22N2O4S. The first-order valence-corrected chi connectivity index (χ1v) is 9.61. The zero-order valence-electron chi connectivity index (χ0n) is 16.7. The van der Waals surface area contributed by atoms with Gasteiger partial charge in [-0.15, -0.1) is 0 Å². The van der Waals surface area contributed by atoms with Gasteiger partial charge in [0.25, 0.3) is 5.91 Å². The number of nitrogens with one attached hydrogen (secondary N) is 2. The second kappa shape index (κ2) is 10.3. The minimum Gasteiger partial charge on any atom is -0.497 e. The third-order valence-corrected chi connectivity index (χ3v) is 4.47. The molecule has 0 saturated carbocycles. The Morgan fingerprint density at radius 1 is 0.867 bits per heavy atom. The Balaban J connectivity index is 1.63. The van der Waals surface area contributed by atoms with Crippen molar-refractivity contribution in [2.75, 3.05) is 19.5 Å². The van der Waals surface area contributed by atoms with Crippen LogP contribution in [0.15, 0.2) is 72.8 Å². The normalized spacial score (nSPS) is 10.1. The van der Waals surface area contributed by atoms with Crippen molar-refractivity contribution in [1.82, 2.24) is 5.32 Å². The van der Waals surface area contributed by atoms with Gasteiger partial charge in [0.05, 0.1) is 14.2 Å². The number of amides is 1. The first-order chi connectivity index (χ1) is 14.6. The van der Waals surface area contributed by atoms with E-state index in [1.807, 2.05) is 54.6 Å². The van der Waals surface area contributed by atoms with Crippen LogP contribution < -0.4 is 24.8 Å². The summed E-state index contributed by atoms with van der Waals surface area (Å²) >= 11 is 5.27. The molecule has 0 saturated heterocycles. The largest absolute Gasteiger partial charge is 0.497 e. The summed E-state index contributed by atoms with van der Waals surface area (Å²) in [6.45, 7) is 0.242. The van der Waals surface area contributed by atoms with Crippen LogP contribution in [0.5, 0.6) is 17.2 Å². The number of ether oxygens (including phenoxy) is 3. The maximum atomic E-state index is 12.7. The quantitative estimate of drug-likeness (QED) is 0.550. The van der Waals surface area contributed by atoms with Gasteiger partial charge in [-0.25, -0.2) is 0 Å². The summed E-state index contributed by atoms with van der Waals surface area (Å²) in [5.41, 5.74) is 1.95. The average molecular weight is 423 g/mol. The number of benzene rings is 3.